The molecule has 0 bridgehead atoms. The normalized spacial score (nSPS) is 13.4. The van der Waals surface area contributed by atoms with Crippen molar-refractivity contribution in [3.8, 4) is 5.75 Å². The molecule has 130 valence electrons. The van der Waals surface area contributed by atoms with Gasteiger partial charge < -0.3 is 9.64 Å². The summed E-state index contributed by atoms with van der Waals surface area (Å²) in [6.45, 7) is 2.17. The van der Waals surface area contributed by atoms with Gasteiger partial charge in [0.15, 0.2) is 0 Å². The van der Waals surface area contributed by atoms with E-state index >= 15 is 0 Å². The minimum absolute atomic E-state index is 0.0321. The smallest absolute Gasteiger partial charge is 0.272 e. The fourth-order valence-electron chi connectivity index (χ4n) is 2.84. The SMILES string of the molecule is COc1ccc(CN(C(=O)c2ccc([N+](=O)[O-])c(C)c2)C2CC2)cc1. The van der Waals surface area contributed by atoms with Crippen LogP contribution in [0.3, 0.4) is 0 Å². The van der Waals surface area contributed by atoms with Crippen molar-refractivity contribution in [2.75, 3.05) is 7.11 Å². The zero-order chi connectivity index (χ0) is 18.0. The Morgan fingerprint density at radius 2 is 1.92 bits per heavy atom. The van der Waals surface area contributed by atoms with Crippen LogP contribution in [0.4, 0.5) is 5.69 Å². The first kappa shape index (κ1) is 17.0. The Kier molecular flexibility index (Phi) is 4.70. The van der Waals surface area contributed by atoms with E-state index in [0.29, 0.717) is 17.7 Å². The van der Waals surface area contributed by atoms with Gasteiger partial charge >= 0.3 is 0 Å². The molecule has 2 aromatic rings. The van der Waals surface area contributed by atoms with Crippen LogP contribution in [-0.4, -0.2) is 28.9 Å². The number of carbonyl (C=O) groups excluding carboxylic acids is 1. The summed E-state index contributed by atoms with van der Waals surface area (Å²) in [5.41, 5.74) is 2.05. The van der Waals surface area contributed by atoms with Crippen LogP contribution < -0.4 is 4.74 Å². The Hall–Kier alpha value is -2.89. The lowest BCUT2D eigenvalue weighted by Gasteiger charge is -2.23. The lowest BCUT2D eigenvalue weighted by molar-refractivity contribution is -0.385. The van der Waals surface area contributed by atoms with Crippen molar-refractivity contribution in [3.05, 3.63) is 69.3 Å². The van der Waals surface area contributed by atoms with Crippen LogP contribution in [0.5, 0.6) is 5.75 Å². The molecule has 0 aliphatic heterocycles. The Labute approximate surface area is 146 Å². The first-order valence-corrected chi connectivity index (χ1v) is 8.18. The third kappa shape index (κ3) is 3.79. The van der Waals surface area contributed by atoms with Gasteiger partial charge in [-0.15, -0.1) is 0 Å². The van der Waals surface area contributed by atoms with Gasteiger partial charge in [-0.25, -0.2) is 0 Å². The van der Waals surface area contributed by atoms with E-state index in [-0.39, 0.29) is 17.6 Å². The molecule has 0 aromatic heterocycles. The van der Waals surface area contributed by atoms with Gasteiger partial charge in [-0.05, 0) is 49.6 Å². The number of methoxy groups -OCH3 is 1. The summed E-state index contributed by atoms with van der Waals surface area (Å²) in [7, 11) is 1.62. The first-order valence-electron chi connectivity index (χ1n) is 8.18. The topological polar surface area (TPSA) is 72.7 Å². The summed E-state index contributed by atoms with van der Waals surface area (Å²) in [5.74, 6) is 0.690. The molecule has 1 fully saturated rings. The number of nitro benzene ring substituents is 1. The molecule has 25 heavy (non-hydrogen) atoms. The molecular formula is C19H20N2O4. The maximum Gasteiger partial charge on any atom is 0.272 e. The zero-order valence-electron chi connectivity index (χ0n) is 14.3. The summed E-state index contributed by atoms with van der Waals surface area (Å²) in [6.07, 6.45) is 1.99. The van der Waals surface area contributed by atoms with Gasteiger partial charge in [-0.1, -0.05) is 12.1 Å². The van der Waals surface area contributed by atoms with Crippen molar-refractivity contribution in [1.29, 1.82) is 0 Å². The number of hydrogen-bond acceptors (Lipinski definition) is 4. The lowest BCUT2D eigenvalue weighted by atomic mass is 10.1. The van der Waals surface area contributed by atoms with E-state index in [4.69, 9.17) is 4.74 Å². The highest BCUT2D eigenvalue weighted by molar-refractivity contribution is 5.95. The average Bonchev–Trinajstić information content (AvgIpc) is 3.44. The Morgan fingerprint density at radius 1 is 1.24 bits per heavy atom. The van der Waals surface area contributed by atoms with Gasteiger partial charge in [-0.2, -0.15) is 0 Å². The molecule has 0 heterocycles. The second-order valence-electron chi connectivity index (χ2n) is 6.27. The summed E-state index contributed by atoms with van der Waals surface area (Å²) in [4.78, 5) is 25.3. The molecule has 1 aliphatic rings. The van der Waals surface area contributed by atoms with E-state index in [2.05, 4.69) is 0 Å². The molecule has 1 saturated carbocycles. The number of ether oxygens (including phenoxy) is 1. The van der Waals surface area contributed by atoms with Gasteiger partial charge in [0, 0.05) is 29.8 Å². The number of benzene rings is 2. The lowest BCUT2D eigenvalue weighted by Crippen LogP contribution is -2.32. The van der Waals surface area contributed by atoms with Crippen LogP contribution in [0, 0.1) is 17.0 Å². The van der Waals surface area contributed by atoms with Crippen LogP contribution >= 0.6 is 0 Å². The largest absolute Gasteiger partial charge is 0.497 e. The van der Waals surface area contributed by atoms with Crippen LogP contribution in [0.25, 0.3) is 0 Å². The quantitative estimate of drug-likeness (QED) is 0.593. The summed E-state index contributed by atoms with van der Waals surface area (Å²) in [5, 5.41) is 10.9. The Bertz CT molecular complexity index is 798. The second-order valence-corrected chi connectivity index (χ2v) is 6.27. The van der Waals surface area contributed by atoms with Crippen molar-refractivity contribution in [2.45, 2.75) is 32.4 Å². The predicted octanol–water partition coefficient (Wildman–Crippen LogP) is 3.72. The van der Waals surface area contributed by atoms with E-state index in [1.807, 2.05) is 29.2 Å². The fraction of sp³-hybridized carbons (Fsp3) is 0.316. The van der Waals surface area contributed by atoms with Crippen LogP contribution in [0.15, 0.2) is 42.5 Å². The van der Waals surface area contributed by atoms with E-state index in [1.165, 1.54) is 12.1 Å². The summed E-state index contributed by atoms with van der Waals surface area (Å²) < 4.78 is 5.16. The molecule has 0 unspecified atom stereocenters. The molecule has 3 rings (SSSR count). The van der Waals surface area contributed by atoms with Crippen molar-refractivity contribution in [3.63, 3.8) is 0 Å². The van der Waals surface area contributed by atoms with E-state index < -0.39 is 4.92 Å². The highest BCUT2D eigenvalue weighted by Crippen LogP contribution is 2.31. The molecule has 1 aliphatic carbocycles. The third-order valence-corrected chi connectivity index (χ3v) is 4.40. The standard InChI is InChI=1S/C19H20N2O4/c1-13-11-15(5-10-18(13)21(23)24)19(22)20(16-6-7-16)12-14-3-8-17(25-2)9-4-14/h3-5,8-11,16H,6-7,12H2,1-2H3. The van der Waals surface area contributed by atoms with Gasteiger partial charge in [0.2, 0.25) is 0 Å². The Balaban J connectivity index is 1.81. The van der Waals surface area contributed by atoms with Gasteiger partial charge in [0.25, 0.3) is 11.6 Å². The molecule has 0 N–H and O–H groups in total. The van der Waals surface area contributed by atoms with Crippen LogP contribution in [-0.2, 0) is 6.54 Å². The third-order valence-electron chi connectivity index (χ3n) is 4.40. The number of carbonyl (C=O) groups is 1. The highest BCUT2D eigenvalue weighted by Gasteiger charge is 2.33. The van der Waals surface area contributed by atoms with Crippen molar-refractivity contribution in [2.24, 2.45) is 0 Å². The van der Waals surface area contributed by atoms with E-state index in [0.717, 1.165) is 24.2 Å². The Morgan fingerprint density at radius 3 is 2.44 bits per heavy atom. The molecule has 0 radical (unpaired) electrons. The molecule has 2 aromatic carbocycles. The van der Waals surface area contributed by atoms with Crippen molar-refractivity contribution < 1.29 is 14.5 Å². The van der Waals surface area contributed by atoms with Crippen LogP contribution in [0.1, 0.15) is 34.3 Å². The number of aryl methyl sites for hydroxylation is 1. The van der Waals surface area contributed by atoms with Crippen LogP contribution in [0.2, 0.25) is 0 Å². The summed E-state index contributed by atoms with van der Waals surface area (Å²) in [6, 6.07) is 12.4. The molecular weight excluding hydrogens is 320 g/mol. The van der Waals surface area contributed by atoms with Gasteiger partial charge in [-0.3, -0.25) is 14.9 Å². The predicted molar refractivity (Wildman–Crippen MR) is 93.7 cm³/mol. The molecule has 0 saturated heterocycles. The monoisotopic (exact) mass is 340 g/mol. The van der Waals surface area contributed by atoms with E-state index in [1.54, 1.807) is 20.1 Å². The minimum Gasteiger partial charge on any atom is -0.497 e. The molecule has 0 spiro atoms. The van der Waals surface area contributed by atoms with Crippen molar-refractivity contribution >= 4 is 11.6 Å². The number of amides is 1. The first-order chi connectivity index (χ1) is 12.0. The second kappa shape index (κ2) is 6.93. The molecule has 1 amide bonds. The number of nitrogens with zero attached hydrogens (tertiary/aromatic N) is 2. The molecule has 6 nitrogen and oxygen atoms in total. The van der Waals surface area contributed by atoms with Crippen molar-refractivity contribution in [1.82, 2.24) is 4.90 Å². The zero-order valence-corrected chi connectivity index (χ0v) is 14.3. The maximum atomic E-state index is 12.9. The molecule has 6 heteroatoms. The molecule has 0 atom stereocenters. The maximum absolute atomic E-state index is 12.9. The average molecular weight is 340 g/mol. The van der Waals surface area contributed by atoms with Gasteiger partial charge in [0.1, 0.15) is 5.75 Å². The minimum atomic E-state index is -0.431. The highest BCUT2D eigenvalue weighted by atomic mass is 16.6. The fourth-order valence-corrected chi connectivity index (χ4v) is 2.84. The van der Waals surface area contributed by atoms with E-state index in [9.17, 15) is 14.9 Å². The number of nitro groups is 1. The summed E-state index contributed by atoms with van der Waals surface area (Å²) >= 11 is 0. The number of hydrogen-bond donors (Lipinski definition) is 0. The van der Waals surface area contributed by atoms with Gasteiger partial charge in [0.05, 0.1) is 12.0 Å². The number of rotatable bonds is 6.